The number of thiophene rings is 1. The Morgan fingerprint density at radius 1 is 1.10 bits per heavy atom. The third-order valence-electron chi connectivity index (χ3n) is 6.00. The summed E-state index contributed by atoms with van der Waals surface area (Å²) in [7, 11) is 0. The van der Waals surface area contributed by atoms with Gasteiger partial charge in [-0.3, -0.25) is 14.5 Å². The van der Waals surface area contributed by atoms with Gasteiger partial charge in [0.2, 0.25) is 5.91 Å². The lowest BCUT2D eigenvalue weighted by molar-refractivity contribution is -0.117. The third-order valence-corrected chi connectivity index (χ3v) is 7.73. The summed E-state index contributed by atoms with van der Waals surface area (Å²) in [6.07, 6.45) is 6.39. The quantitative estimate of drug-likeness (QED) is 0.597. The second-order valence-corrected chi connectivity index (χ2v) is 10.4. The smallest absolute Gasteiger partial charge is 0.258 e. The molecule has 0 unspecified atom stereocenters. The highest BCUT2D eigenvalue weighted by molar-refractivity contribution is 9.10. The molecular formula is C23H28BrN3O2S. The van der Waals surface area contributed by atoms with Gasteiger partial charge in [-0.05, 0) is 87.4 Å². The molecular weight excluding hydrogens is 462 g/mol. The van der Waals surface area contributed by atoms with Gasteiger partial charge >= 0.3 is 0 Å². The van der Waals surface area contributed by atoms with Crippen molar-refractivity contribution in [3.05, 3.63) is 44.7 Å². The summed E-state index contributed by atoms with van der Waals surface area (Å²) < 4.78 is 0.966. The van der Waals surface area contributed by atoms with Crippen LogP contribution in [-0.2, 0) is 17.6 Å². The number of nitrogens with one attached hydrogen (secondary N) is 2. The third kappa shape index (κ3) is 5.13. The Kier molecular flexibility index (Phi) is 6.91. The van der Waals surface area contributed by atoms with Crippen LogP contribution in [0.15, 0.2) is 28.7 Å². The highest BCUT2D eigenvalue weighted by Gasteiger charge is 2.27. The fourth-order valence-electron chi connectivity index (χ4n) is 4.21. The number of rotatable bonds is 5. The van der Waals surface area contributed by atoms with Gasteiger partial charge in [0.15, 0.2) is 0 Å². The molecule has 4 rings (SSSR count). The first-order valence-electron chi connectivity index (χ1n) is 10.7. The Hall–Kier alpha value is -1.70. The second kappa shape index (κ2) is 9.62. The minimum absolute atomic E-state index is 0.0270. The second-order valence-electron chi connectivity index (χ2n) is 8.38. The summed E-state index contributed by atoms with van der Waals surface area (Å²) in [6.45, 7) is 4.59. The van der Waals surface area contributed by atoms with E-state index < -0.39 is 0 Å². The lowest BCUT2D eigenvalue weighted by Gasteiger charge is -2.29. The Bertz CT molecular complexity index is 917. The topological polar surface area (TPSA) is 61.4 Å². The predicted molar refractivity (Wildman–Crippen MR) is 127 cm³/mol. The molecule has 1 aliphatic carbocycles. The number of hydrogen-bond acceptors (Lipinski definition) is 4. The van der Waals surface area contributed by atoms with Crippen molar-refractivity contribution < 1.29 is 9.59 Å². The molecule has 2 amide bonds. The van der Waals surface area contributed by atoms with E-state index in [-0.39, 0.29) is 11.8 Å². The molecule has 2 aromatic rings. The molecule has 1 saturated heterocycles. The molecule has 0 bridgehead atoms. The van der Waals surface area contributed by atoms with Crippen LogP contribution in [0.3, 0.4) is 0 Å². The minimum atomic E-state index is -0.140. The number of benzene rings is 1. The number of amides is 2. The van der Waals surface area contributed by atoms with Crippen molar-refractivity contribution in [2.75, 3.05) is 30.3 Å². The van der Waals surface area contributed by atoms with Gasteiger partial charge in [0, 0.05) is 15.0 Å². The average Bonchev–Trinajstić information content (AvgIpc) is 3.09. The summed E-state index contributed by atoms with van der Waals surface area (Å²) in [4.78, 5) is 29.4. The van der Waals surface area contributed by atoms with E-state index in [1.165, 1.54) is 4.88 Å². The molecule has 1 aromatic heterocycles. The maximum Gasteiger partial charge on any atom is 0.258 e. The predicted octanol–water partition coefficient (Wildman–Crippen LogP) is 5.31. The SMILES string of the molecule is CC1CCN(CC(=O)Nc2sc3c(c2C(=O)Nc2ccc(Br)cc2)CCCC3)CC1. The molecule has 160 valence electrons. The molecule has 2 N–H and O–H groups in total. The Morgan fingerprint density at radius 3 is 2.53 bits per heavy atom. The van der Waals surface area contributed by atoms with E-state index in [1.807, 2.05) is 24.3 Å². The average molecular weight is 490 g/mol. The first kappa shape index (κ1) is 21.5. The van der Waals surface area contributed by atoms with Crippen LogP contribution in [0, 0.1) is 5.92 Å². The summed E-state index contributed by atoms with van der Waals surface area (Å²) in [5, 5.41) is 6.78. The number of hydrogen-bond donors (Lipinski definition) is 2. The van der Waals surface area contributed by atoms with E-state index in [0.717, 1.165) is 73.3 Å². The molecule has 2 heterocycles. The Labute approximate surface area is 190 Å². The van der Waals surface area contributed by atoms with E-state index >= 15 is 0 Å². The van der Waals surface area contributed by atoms with Crippen LogP contribution in [0.1, 0.15) is 53.4 Å². The van der Waals surface area contributed by atoms with Crippen molar-refractivity contribution in [1.29, 1.82) is 0 Å². The molecule has 30 heavy (non-hydrogen) atoms. The van der Waals surface area contributed by atoms with Crippen LogP contribution < -0.4 is 10.6 Å². The lowest BCUT2D eigenvalue weighted by Crippen LogP contribution is -2.38. The molecule has 0 spiro atoms. The summed E-state index contributed by atoms with van der Waals surface area (Å²) in [5.41, 5.74) is 2.51. The standard InChI is InChI=1S/C23H28BrN3O2S/c1-15-10-12-27(13-11-15)14-20(28)26-23-21(18-4-2-3-5-19(18)30-23)22(29)25-17-8-6-16(24)7-9-17/h6-9,15H,2-5,10-14H2,1H3,(H,25,29)(H,26,28). The van der Waals surface area contributed by atoms with E-state index in [9.17, 15) is 9.59 Å². The summed E-state index contributed by atoms with van der Waals surface area (Å²) in [6, 6.07) is 7.55. The van der Waals surface area contributed by atoms with Crippen LogP contribution in [0.5, 0.6) is 0 Å². The monoisotopic (exact) mass is 489 g/mol. The number of nitrogens with zero attached hydrogens (tertiary/aromatic N) is 1. The number of carbonyl (C=O) groups excluding carboxylic acids is 2. The van der Waals surface area contributed by atoms with Crippen LogP contribution in [0.25, 0.3) is 0 Å². The molecule has 5 nitrogen and oxygen atoms in total. The largest absolute Gasteiger partial charge is 0.322 e. The van der Waals surface area contributed by atoms with Gasteiger partial charge in [0.05, 0.1) is 12.1 Å². The van der Waals surface area contributed by atoms with E-state index in [2.05, 4.69) is 38.4 Å². The van der Waals surface area contributed by atoms with Crippen molar-refractivity contribution in [2.24, 2.45) is 5.92 Å². The normalized spacial score (nSPS) is 17.4. The van der Waals surface area contributed by atoms with Crippen LogP contribution in [-0.4, -0.2) is 36.3 Å². The van der Waals surface area contributed by atoms with Crippen LogP contribution in [0.2, 0.25) is 0 Å². The number of carbonyl (C=O) groups is 2. The molecule has 1 fully saturated rings. The summed E-state index contributed by atoms with van der Waals surface area (Å²) in [5.74, 6) is 0.571. The van der Waals surface area contributed by atoms with Gasteiger partial charge in [0.1, 0.15) is 5.00 Å². The zero-order chi connectivity index (χ0) is 21.1. The van der Waals surface area contributed by atoms with Gasteiger partial charge < -0.3 is 10.6 Å². The molecule has 2 aliphatic rings. The molecule has 0 radical (unpaired) electrons. The van der Waals surface area contributed by atoms with Crippen LogP contribution >= 0.6 is 27.3 Å². The number of fused-ring (bicyclic) bond motifs is 1. The van der Waals surface area contributed by atoms with Gasteiger partial charge in [-0.1, -0.05) is 22.9 Å². The summed E-state index contributed by atoms with van der Waals surface area (Å²) >= 11 is 5.00. The molecule has 0 saturated carbocycles. The van der Waals surface area contributed by atoms with Crippen molar-refractivity contribution >= 4 is 49.8 Å². The van der Waals surface area contributed by atoms with Crippen LogP contribution in [0.4, 0.5) is 10.7 Å². The van der Waals surface area contributed by atoms with Gasteiger partial charge in [-0.2, -0.15) is 0 Å². The zero-order valence-corrected chi connectivity index (χ0v) is 19.7. The van der Waals surface area contributed by atoms with Crippen molar-refractivity contribution in [3.63, 3.8) is 0 Å². The highest BCUT2D eigenvalue weighted by Crippen LogP contribution is 2.38. The molecule has 1 aliphatic heterocycles. The van der Waals surface area contributed by atoms with Gasteiger partial charge in [-0.15, -0.1) is 11.3 Å². The van der Waals surface area contributed by atoms with E-state index in [0.29, 0.717) is 17.1 Å². The zero-order valence-electron chi connectivity index (χ0n) is 17.3. The Balaban J connectivity index is 1.51. The maximum absolute atomic E-state index is 13.2. The van der Waals surface area contributed by atoms with E-state index in [4.69, 9.17) is 0 Å². The van der Waals surface area contributed by atoms with Crippen molar-refractivity contribution in [2.45, 2.75) is 45.4 Å². The minimum Gasteiger partial charge on any atom is -0.322 e. The molecule has 1 aromatic carbocycles. The number of anilines is 2. The molecule has 7 heteroatoms. The Morgan fingerprint density at radius 2 is 1.80 bits per heavy atom. The number of aryl methyl sites for hydroxylation is 1. The first-order chi connectivity index (χ1) is 14.5. The van der Waals surface area contributed by atoms with Gasteiger partial charge in [-0.25, -0.2) is 0 Å². The number of halogens is 1. The first-order valence-corrected chi connectivity index (χ1v) is 12.3. The fraction of sp³-hybridized carbons (Fsp3) is 0.478. The van der Waals surface area contributed by atoms with Crippen molar-refractivity contribution in [3.8, 4) is 0 Å². The number of likely N-dealkylation sites (tertiary alicyclic amines) is 1. The maximum atomic E-state index is 13.2. The fourth-order valence-corrected chi connectivity index (χ4v) is 5.78. The van der Waals surface area contributed by atoms with E-state index in [1.54, 1.807) is 11.3 Å². The lowest BCUT2D eigenvalue weighted by atomic mass is 9.95. The highest BCUT2D eigenvalue weighted by atomic mass is 79.9. The van der Waals surface area contributed by atoms with Crippen molar-refractivity contribution in [1.82, 2.24) is 4.90 Å². The van der Waals surface area contributed by atoms with Gasteiger partial charge in [0.25, 0.3) is 5.91 Å². The molecule has 0 atom stereocenters. The number of piperidine rings is 1.